The number of hydrogen-bond donors (Lipinski definition) is 1. The van der Waals surface area contributed by atoms with Gasteiger partial charge in [-0.25, -0.2) is 0 Å². The Morgan fingerprint density at radius 1 is 1.11 bits per heavy atom. The Hall–Kier alpha value is -2.63. The molecule has 0 bridgehead atoms. The first kappa shape index (κ1) is 16.5. The zero-order valence-electron chi connectivity index (χ0n) is 15.2. The van der Waals surface area contributed by atoms with E-state index >= 15 is 0 Å². The summed E-state index contributed by atoms with van der Waals surface area (Å²) in [7, 11) is 0. The molecule has 3 amide bonds. The second-order valence-electron chi connectivity index (χ2n) is 8.16. The Morgan fingerprint density at radius 3 is 2.56 bits per heavy atom. The highest BCUT2D eigenvalue weighted by Crippen LogP contribution is 2.44. The van der Waals surface area contributed by atoms with Gasteiger partial charge in [-0.1, -0.05) is 18.2 Å². The van der Waals surface area contributed by atoms with E-state index in [2.05, 4.69) is 28.4 Å². The van der Waals surface area contributed by atoms with Crippen LogP contribution in [0.25, 0.3) is 0 Å². The monoisotopic (exact) mass is 365 g/mol. The number of carbonyl (C=O) groups excluding carboxylic acids is 3. The molecule has 3 heterocycles. The van der Waals surface area contributed by atoms with Crippen LogP contribution < -0.4 is 10.2 Å². The van der Waals surface area contributed by atoms with E-state index in [1.54, 1.807) is 4.90 Å². The van der Waals surface area contributed by atoms with Crippen molar-refractivity contribution in [2.75, 3.05) is 18.0 Å². The van der Waals surface area contributed by atoms with Crippen LogP contribution in [0, 0.1) is 5.41 Å². The number of hydrogen-bond acceptors (Lipinski definition) is 4. The number of carbonyl (C=O) groups is 3. The molecule has 27 heavy (non-hydrogen) atoms. The molecule has 6 nitrogen and oxygen atoms in total. The topological polar surface area (TPSA) is 69.7 Å². The Morgan fingerprint density at radius 2 is 1.89 bits per heavy atom. The normalized spacial score (nSPS) is 26.2. The number of imide groups is 1. The third kappa shape index (κ3) is 2.58. The molecule has 0 aromatic heterocycles. The fourth-order valence-corrected chi connectivity index (χ4v) is 4.88. The molecule has 0 saturated carbocycles. The number of nitrogens with zero attached hydrogens (tertiary/aromatic N) is 2. The molecule has 1 N–H and O–H groups in total. The van der Waals surface area contributed by atoms with Crippen LogP contribution in [0.5, 0.6) is 0 Å². The van der Waals surface area contributed by atoms with E-state index < -0.39 is 6.04 Å². The zero-order chi connectivity index (χ0) is 18.6. The summed E-state index contributed by atoms with van der Waals surface area (Å²) >= 11 is 0. The van der Waals surface area contributed by atoms with Gasteiger partial charge in [-0.15, -0.1) is 0 Å². The lowest BCUT2D eigenvalue weighted by molar-refractivity contribution is -0.136. The van der Waals surface area contributed by atoms with Crippen molar-refractivity contribution < 1.29 is 14.4 Å². The molecule has 0 radical (unpaired) electrons. The third-order valence-electron chi connectivity index (χ3n) is 6.65. The van der Waals surface area contributed by atoms with Crippen molar-refractivity contribution in [3.8, 4) is 0 Å². The number of amides is 3. The number of allylic oxidation sites excluding steroid dienone is 2. The van der Waals surface area contributed by atoms with Crippen LogP contribution in [0.3, 0.4) is 0 Å². The summed E-state index contributed by atoms with van der Waals surface area (Å²) < 4.78 is 0. The van der Waals surface area contributed by atoms with Gasteiger partial charge < -0.3 is 9.80 Å². The number of rotatable bonds is 2. The second kappa shape index (κ2) is 5.94. The molecule has 1 atom stereocenters. The Kier molecular flexibility index (Phi) is 3.64. The van der Waals surface area contributed by atoms with Crippen molar-refractivity contribution in [2.24, 2.45) is 5.41 Å². The highest BCUT2D eigenvalue weighted by atomic mass is 16.2. The fraction of sp³-hybridized carbons (Fsp3) is 0.476. The molecule has 1 spiro atoms. The first-order chi connectivity index (χ1) is 13.1. The summed E-state index contributed by atoms with van der Waals surface area (Å²) in [5, 5.41) is 2.36. The molecular formula is C21H23N3O3. The van der Waals surface area contributed by atoms with Crippen LogP contribution in [-0.2, 0) is 16.1 Å². The standard InChI is InChI=1S/C21H23N3O3/c25-18-6-5-17(19(26)22-18)24-13-15-14(20(24)27)3-1-4-16(15)23-11-9-21(10-12-23)7-2-8-21/h1-4,7,17H,5-6,8-13H2,(H,22,25,26). The van der Waals surface area contributed by atoms with E-state index in [1.165, 1.54) is 6.42 Å². The Labute approximate surface area is 158 Å². The van der Waals surface area contributed by atoms with Crippen LogP contribution in [0.1, 0.15) is 48.0 Å². The van der Waals surface area contributed by atoms with Gasteiger partial charge in [0.05, 0.1) is 0 Å². The summed E-state index contributed by atoms with van der Waals surface area (Å²) in [5.74, 6) is -0.712. The van der Waals surface area contributed by atoms with Crippen molar-refractivity contribution in [3.63, 3.8) is 0 Å². The van der Waals surface area contributed by atoms with Gasteiger partial charge in [0.2, 0.25) is 11.8 Å². The predicted octanol–water partition coefficient (Wildman–Crippen LogP) is 1.99. The molecule has 3 aliphatic heterocycles. The van der Waals surface area contributed by atoms with Gasteiger partial charge >= 0.3 is 0 Å². The highest BCUT2D eigenvalue weighted by molar-refractivity contribution is 6.06. The van der Waals surface area contributed by atoms with Gasteiger partial charge in [0.25, 0.3) is 5.91 Å². The molecule has 1 unspecified atom stereocenters. The smallest absolute Gasteiger partial charge is 0.255 e. The van der Waals surface area contributed by atoms with E-state index in [4.69, 9.17) is 0 Å². The minimum Gasteiger partial charge on any atom is -0.371 e. The first-order valence-corrected chi connectivity index (χ1v) is 9.76. The van der Waals surface area contributed by atoms with Crippen LogP contribution in [0.2, 0.25) is 0 Å². The van der Waals surface area contributed by atoms with E-state index in [-0.39, 0.29) is 24.1 Å². The number of fused-ring (bicyclic) bond motifs is 1. The van der Waals surface area contributed by atoms with Gasteiger partial charge in [-0.3, -0.25) is 19.7 Å². The number of anilines is 1. The highest BCUT2D eigenvalue weighted by Gasteiger charge is 2.41. The van der Waals surface area contributed by atoms with Crippen LogP contribution in [0.4, 0.5) is 5.69 Å². The van der Waals surface area contributed by atoms with E-state index in [0.717, 1.165) is 37.2 Å². The van der Waals surface area contributed by atoms with Crippen molar-refractivity contribution >= 4 is 23.4 Å². The second-order valence-corrected chi connectivity index (χ2v) is 8.16. The minimum atomic E-state index is -0.555. The lowest BCUT2D eigenvalue weighted by Crippen LogP contribution is -2.52. The number of nitrogens with one attached hydrogen (secondary N) is 1. The maximum absolute atomic E-state index is 12.9. The largest absolute Gasteiger partial charge is 0.371 e. The summed E-state index contributed by atoms with van der Waals surface area (Å²) in [6, 6.07) is 5.33. The molecule has 2 saturated heterocycles. The summed E-state index contributed by atoms with van der Waals surface area (Å²) in [6.45, 7) is 2.43. The maximum Gasteiger partial charge on any atom is 0.255 e. The molecule has 5 rings (SSSR count). The third-order valence-corrected chi connectivity index (χ3v) is 6.65. The number of benzene rings is 1. The SMILES string of the molecule is O=C1CCC(N2Cc3c(cccc3N3CCC4(C=CC4)CC3)C2=O)C(=O)N1. The van der Waals surface area contributed by atoms with Crippen molar-refractivity contribution in [3.05, 3.63) is 41.5 Å². The summed E-state index contributed by atoms with van der Waals surface area (Å²) in [5.41, 5.74) is 3.24. The van der Waals surface area contributed by atoms with Crippen LogP contribution in [-0.4, -0.2) is 41.8 Å². The fourth-order valence-electron chi connectivity index (χ4n) is 4.88. The molecule has 140 valence electrons. The molecule has 4 aliphatic rings. The van der Waals surface area contributed by atoms with Gasteiger partial charge in [0.1, 0.15) is 6.04 Å². The minimum absolute atomic E-state index is 0.100. The zero-order valence-corrected chi connectivity index (χ0v) is 15.2. The average Bonchev–Trinajstić information content (AvgIpc) is 2.97. The summed E-state index contributed by atoms with van der Waals surface area (Å²) in [6.07, 6.45) is 8.79. The average molecular weight is 365 g/mol. The first-order valence-electron chi connectivity index (χ1n) is 9.76. The van der Waals surface area contributed by atoms with Crippen LogP contribution >= 0.6 is 0 Å². The van der Waals surface area contributed by atoms with Crippen molar-refractivity contribution in [1.29, 1.82) is 0 Å². The van der Waals surface area contributed by atoms with Crippen molar-refractivity contribution in [1.82, 2.24) is 10.2 Å². The Balaban J connectivity index is 1.39. The number of piperidine rings is 2. The predicted molar refractivity (Wildman–Crippen MR) is 100 cm³/mol. The quantitative estimate of drug-likeness (QED) is 0.643. The molecule has 1 aromatic carbocycles. The molecule has 6 heteroatoms. The molecular weight excluding hydrogens is 342 g/mol. The Bertz CT molecular complexity index is 867. The van der Waals surface area contributed by atoms with Gasteiger partial charge in [0.15, 0.2) is 0 Å². The summed E-state index contributed by atoms with van der Waals surface area (Å²) in [4.78, 5) is 40.6. The van der Waals surface area contributed by atoms with Gasteiger partial charge in [-0.2, -0.15) is 0 Å². The van der Waals surface area contributed by atoms with Crippen LogP contribution in [0.15, 0.2) is 30.4 Å². The lowest BCUT2D eigenvalue weighted by Gasteiger charge is -2.44. The van der Waals surface area contributed by atoms with E-state index in [1.807, 2.05) is 12.1 Å². The molecule has 1 aromatic rings. The van der Waals surface area contributed by atoms with Gasteiger partial charge in [0, 0.05) is 42.9 Å². The van der Waals surface area contributed by atoms with E-state index in [0.29, 0.717) is 23.9 Å². The molecule has 2 fully saturated rings. The maximum atomic E-state index is 12.9. The van der Waals surface area contributed by atoms with E-state index in [9.17, 15) is 14.4 Å². The molecule has 1 aliphatic carbocycles. The lowest BCUT2D eigenvalue weighted by atomic mass is 9.69. The van der Waals surface area contributed by atoms with Gasteiger partial charge in [-0.05, 0) is 43.2 Å². The van der Waals surface area contributed by atoms with Crippen molar-refractivity contribution in [2.45, 2.75) is 44.7 Å².